The maximum Gasteiger partial charge on any atom is 0.243 e. The zero-order valence-electron chi connectivity index (χ0n) is 19.2. The van der Waals surface area contributed by atoms with Crippen LogP contribution in [0.1, 0.15) is 43.2 Å². The number of aryl methyl sites for hydroxylation is 2. The molecule has 0 bridgehead atoms. The zero-order valence-corrected chi connectivity index (χ0v) is 20.0. The second-order valence-electron chi connectivity index (χ2n) is 9.03. The highest BCUT2D eigenvalue weighted by atomic mass is 32.2. The Morgan fingerprint density at radius 3 is 2.27 bits per heavy atom. The van der Waals surface area contributed by atoms with E-state index < -0.39 is 15.9 Å². The third kappa shape index (κ3) is 5.12. The van der Waals surface area contributed by atoms with Crippen LogP contribution >= 0.6 is 0 Å². The molecule has 33 heavy (non-hydrogen) atoms. The molecule has 2 aromatic carbocycles. The van der Waals surface area contributed by atoms with Gasteiger partial charge in [0.05, 0.1) is 10.8 Å². The summed E-state index contributed by atoms with van der Waals surface area (Å²) in [6.07, 6.45) is 4.03. The number of nitrogens with zero attached hydrogens (tertiary/aromatic N) is 2. The van der Waals surface area contributed by atoms with E-state index in [9.17, 15) is 18.0 Å². The Bertz CT molecular complexity index is 1140. The van der Waals surface area contributed by atoms with Gasteiger partial charge < -0.3 is 10.2 Å². The molecule has 8 heteroatoms. The molecule has 176 valence electrons. The lowest BCUT2D eigenvalue weighted by Crippen LogP contribution is -2.32. The SMILES string of the molecule is Cc1ccc(N2CC(C(=O)Nc3ccc(S(=O)(=O)N4CCCCCC4)cc3)CC2=O)c(C)c1. The van der Waals surface area contributed by atoms with Crippen molar-refractivity contribution in [2.45, 2.75) is 50.8 Å². The first-order valence-corrected chi connectivity index (χ1v) is 13.0. The Morgan fingerprint density at radius 1 is 0.970 bits per heavy atom. The Hall–Kier alpha value is -2.71. The molecule has 4 rings (SSSR count). The van der Waals surface area contributed by atoms with Crippen molar-refractivity contribution >= 4 is 33.2 Å². The highest BCUT2D eigenvalue weighted by Gasteiger charge is 2.35. The van der Waals surface area contributed by atoms with Gasteiger partial charge in [-0.05, 0) is 62.6 Å². The van der Waals surface area contributed by atoms with Gasteiger partial charge in [0.15, 0.2) is 0 Å². The molecule has 1 atom stereocenters. The van der Waals surface area contributed by atoms with Crippen molar-refractivity contribution in [1.29, 1.82) is 0 Å². The second kappa shape index (κ2) is 9.65. The molecule has 0 aromatic heterocycles. The molecule has 0 aliphatic carbocycles. The van der Waals surface area contributed by atoms with Crippen LogP contribution < -0.4 is 10.2 Å². The molecule has 2 aliphatic heterocycles. The fourth-order valence-electron chi connectivity index (χ4n) is 4.61. The molecule has 1 unspecified atom stereocenters. The number of rotatable bonds is 5. The summed E-state index contributed by atoms with van der Waals surface area (Å²) >= 11 is 0. The molecule has 2 heterocycles. The normalized spacial score (nSPS) is 20.0. The number of hydrogen-bond acceptors (Lipinski definition) is 4. The van der Waals surface area contributed by atoms with Crippen LogP contribution in [0.4, 0.5) is 11.4 Å². The van der Waals surface area contributed by atoms with E-state index in [-0.39, 0.29) is 23.1 Å². The standard InChI is InChI=1S/C25H31N3O4S/c1-18-7-12-23(19(2)15-18)28-17-20(16-24(28)29)25(30)26-21-8-10-22(11-9-21)33(31,32)27-13-5-3-4-6-14-27/h7-12,15,20H,3-6,13-14,16-17H2,1-2H3,(H,26,30). The molecule has 2 fully saturated rings. The van der Waals surface area contributed by atoms with Crippen molar-refractivity contribution in [1.82, 2.24) is 4.31 Å². The van der Waals surface area contributed by atoms with E-state index in [1.807, 2.05) is 32.0 Å². The average molecular weight is 470 g/mol. The lowest BCUT2D eigenvalue weighted by molar-refractivity contribution is -0.122. The highest BCUT2D eigenvalue weighted by Crippen LogP contribution is 2.29. The molecular weight excluding hydrogens is 438 g/mol. The summed E-state index contributed by atoms with van der Waals surface area (Å²) in [6, 6.07) is 12.2. The van der Waals surface area contributed by atoms with E-state index in [0.29, 0.717) is 25.3 Å². The fourth-order valence-corrected chi connectivity index (χ4v) is 6.13. The zero-order chi connectivity index (χ0) is 23.6. The number of amides is 2. The van der Waals surface area contributed by atoms with Gasteiger partial charge in [-0.15, -0.1) is 0 Å². The van der Waals surface area contributed by atoms with Gasteiger partial charge in [0.2, 0.25) is 21.8 Å². The smallest absolute Gasteiger partial charge is 0.243 e. The first-order valence-electron chi connectivity index (χ1n) is 11.5. The van der Waals surface area contributed by atoms with Crippen LogP contribution in [0.25, 0.3) is 0 Å². The van der Waals surface area contributed by atoms with Crippen molar-refractivity contribution in [3.05, 3.63) is 53.6 Å². The minimum atomic E-state index is -3.53. The molecule has 2 amide bonds. The highest BCUT2D eigenvalue weighted by molar-refractivity contribution is 7.89. The lowest BCUT2D eigenvalue weighted by atomic mass is 10.1. The average Bonchev–Trinajstić information content (AvgIpc) is 2.98. The number of benzene rings is 2. The van der Waals surface area contributed by atoms with Gasteiger partial charge in [-0.2, -0.15) is 4.31 Å². The third-order valence-corrected chi connectivity index (χ3v) is 8.38. The van der Waals surface area contributed by atoms with Gasteiger partial charge in [0.1, 0.15) is 0 Å². The first-order chi connectivity index (χ1) is 15.8. The third-order valence-electron chi connectivity index (χ3n) is 6.46. The number of anilines is 2. The van der Waals surface area contributed by atoms with Gasteiger partial charge >= 0.3 is 0 Å². The summed E-state index contributed by atoms with van der Waals surface area (Å²) < 4.78 is 27.4. The predicted molar refractivity (Wildman–Crippen MR) is 129 cm³/mol. The van der Waals surface area contributed by atoms with Crippen LogP contribution in [0.2, 0.25) is 0 Å². The molecule has 1 N–H and O–H groups in total. The molecule has 2 aromatic rings. The van der Waals surface area contributed by atoms with Gasteiger partial charge in [-0.1, -0.05) is 30.5 Å². The van der Waals surface area contributed by atoms with Gasteiger partial charge in [-0.25, -0.2) is 8.42 Å². The van der Waals surface area contributed by atoms with E-state index in [4.69, 9.17) is 0 Å². The summed E-state index contributed by atoms with van der Waals surface area (Å²) in [5.41, 5.74) is 3.49. The van der Waals surface area contributed by atoms with Crippen molar-refractivity contribution < 1.29 is 18.0 Å². The fraction of sp³-hybridized carbons (Fsp3) is 0.440. The molecule has 2 aliphatic rings. The quantitative estimate of drug-likeness (QED) is 0.720. The molecule has 7 nitrogen and oxygen atoms in total. The number of carbonyl (C=O) groups excluding carboxylic acids is 2. The van der Waals surface area contributed by atoms with E-state index in [2.05, 4.69) is 5.32 Å². The molecule has 0 radical (unpaired) electrons. The Kier molecular flexibility index (Phi) is 6.86. The van der Waals surface area contributed by atoms with E-state index in [1.54, 1.807) is 21.3 Å². The number of carbonyl (C=O) groups is 2. The summed E-state index contributed by atoms with van der Waals surface area (Å²) in [5.74, 6) is -0.765. The Labute approximate surface area is 195 Å². The summed E-state index contributed by atoms with van der Waals surface area (Å²) in [7, 11) is -3.53. The Morgan fingerprint density at radius 2 is 1.64 bits per heavy atom. The number of hydrogen-bond donors (Lipinski definition) is 1. The van der Waals surface area contributed by atoms with Crippen LogP contribution in [0, 0.1) is 19.8 Å². The van der Waals surface area contributed by atoms with Crippen LogP contribution in [-0.2, 0) is 19.6 Å². The van der Waals surface area contributed by atoms with Crippen LogP contribution in [0.15, 0.2) is 47.4 Å². The first kappa shape index (κ1) is 23.4. The maximum atomic E-state index is 12.9. The molecule has 0 spiro atoms. The van der Waals surface area contributed by atoms with Crippen LogP contribution in [-0.4, -0.2) is 44.2 Å². The van der Waals surface area contributed by atoms with Crippen molar-refractivity contribution in [3.63, 3.8) is 0 Å². The Balaban J connectivity index is 1.41. The minimum Gasteiger partial charge on any atom is -0.326 e. The topological polar surface area (TPSA) is 86.8 Å². The lowest BCUT2D eigenvalue weighted by Gasteiger charge is -2.20. The molecule has 0 saturated carbocycles. The van der Waals surface area contributed by atoms with Crippen molar-refractivity contribution in [2.75, 3.05) is 29.9 Å². The van der Waals surface area contributed by atoms with E-state index >= 15 is 0 Å². The van der Waals surface area contributed by atoms with Crippen molar-refractivity contribution in [2.24, 2.45) is 5.92 Å². The predicted octanol–water partition coefficient (Wildman–Crippen LogP) is 3.86. The summed E-state index contributed by atoms with van der Waals surface area (Å²) in [5, 5.41) is 2.84. The number of sulfonamides is 1. The van der Waals surface area contributed by atoms with E-state index in [1.165, 1.54) is 12.1 Å². The summed E-state index contributed by atoms with van der Waals surface area (Å²) in [6.45, 7) is 5.39. The van der Waals surface area contributed by atoms with Gasteiger partial charge in [0.25, 0.3) is 0 Å². The maximum absolute atomic E-state index is 12.9. The summed E-state index contributed by atoms with van der Waals surface area (Å²) in [4.78, 5) is 27.3. The van der Waals surface area contributed by atoms with Crippen LogP contribution in [0.3, 0.4) is 0 Å². The second-order valence-corrected chi connectivity index (χ2v) is 11.0. The van der Waals surface area contributed by atoms with E-state index in [0.717, 1.165) is 42.5 Å². The molecular formula is C25H31N3O4S. The van der Waals surface area contributed by atoms with Gasteiger partial charge in [0, 0.05) is 37.4 Å². The monoisotopic (exact) mass is 469 g/mol. The van der Waals surface area contributed by atoms with Crippen LogP contribution in [0.5, 0.6) is 0 Å². The number of nitrogens with one attached hydrogen (secondary N) is 1. The van der Waals surface area contributed by atoms with Crippen molar-refractivity contribution in [3.8, 4) is 0 Å². The molecule has 2 saturated heterocycles. The minimum absolute atomic E-state index is 0.0685. The van der Waals surface area contributed by atoms with Gasteiger partial charge in [-0.3, -0.25) is 9.59 Å². The largest absolute Gasteiger partial charge is 0.326 e.